The maximum Gasteiger partial charge on any atom is 0.338 e. The third-order valence-electron chi connectivity index (χ3n) is 1.28. The highest BCUT2D eigenvalue weighted by Crippen LogP contribution is 2.03. The van der Waals surface area contributed by atoms with Crippen molar-refractivity contribution in [2.45, 2.75) is 13.8 Å². The van der Waals surface area contributed by atoms with Crippen molar-refractivity contribution in [1.29, 1.82) is 0 Å². The van der Waals surface area contributed by atoms with Gasteiger partial charge in [-0.25, -0.2) is 4.79 Å². The number of ether oxygens (including phenoxy) is 1. The van der Waals surface area contributed by atoms with Crippen molar-refractivity contribution in [2.75, 3.05) is 6.61 Å². The molecule has 4 nitrogen and oxygen atoms in total. The lowest BCUT2D eigenvalue weighted by molar-refractivity contribution is -0.138. The van der Waals surface area contributed by atoms with E-state index in [9.17, 15) is 9.59 Å². The number of ketones is 1. The summed E-state index contributed by atoms with van der Waals surface area (Å²) in [5, 5.41) is 9.04. The van der Waals surface area contributed by atoms with E-state index in [0.29, 0.717) is 0 Å². The van der Waals surface area contributed by atoms with Crippen LogP contribution in [0.25, 0.3) is 0 Å². The van der Waals surface area contributed by atoms with Crippen molar-refractivity contribution in [3.8, 4) is 12.3 Å². The monoisotopic (exact) mass is 182 g/mol. The van der Waals surface area contributed by atoms with Crippen molar-refractivity contribution in [3.05, 3.63) is 11.3 Å². The van der Waals surface area contributed by atoms with Crippen LogP contribution in [0, 0.1) is 12.3 Å². The van der Waals surface area contributed by atoms with Gasteiger partial charge < -0.3 is 9.84 Å². The molecule has 0 amide bonds. The van der Waals surface area contributed by atoms with Gasteiger partial charge in [-0.05, 0) is 6.92 Å². The molecule has 0 radical (unpaired) electrons. The van der Waals surface area contributed by atoms with E-state index < -0.39 is 17.5 Å². The number of Topliss-reactive ketones (excluding diaryl/α,β-unsaturated/α-hetero) is 1. The van der Waals surface area contributed by atoms with E-state index in [-0.39, 0.29) is 12.2 Å². The molecule has 0 aliphatic heterocycles. The number of allylic oxidation sites excluding steroid dienone is 1. The van der Waals surface area contributed by atoms with E-state index in [4.69, 9.17) is 11.5 Å². The maximum absolute atomic E-state index is 11.0. The van der Waals surface area contributed by atoms with Crippen LogP contribution in [0.4, 0.5) is 0 Å². The van der Waals surface area contributed by atoms with Crippen molar-refractivity contribution >= 4 is 11.8 Å². The van der Waals surface area contributed by atoms with Crippen LogP contribution in [0.15, 0.2) is 11.3 Å². The molecule has 4 heteroatoms. The fourth-order valence-corrected chi connectivity index (χ4v) is 0.576. The lowest BCUT2D eigenvalue weighted by Gasteiger charge is -2.02. The number of hydrogen-bond donors (Lipinski definition) is 1. The summed E-state index contributed by atoms with van der Waals surface area (Å²) in [5.74, 6) is 0.120. The second kappa shape index (κ2) is 4.99. The first-order chi connectivity index (χ1) is 6.00. The van der Waals surface area contributed by atoms with Crippen LogP contribution in [0.3, 0.4) is 0 Å². The zero-order valence-corrected chi connectivity index (χ0v) is 7.46. The van der Waals surface area contributed by atoms with Gasteiger partial charge in [-0.3, -0.25) is 4.79 Å². The van der Waals surface area contributed by atoms with Crippen molar-refractivity contribution in [3.63, 3.8) is 0 Å². The number of aliphatic hydroxyl groups is 1. The van der Waals surface area contributed by atoms with Gasteiger partial charge in [0.1, 0.15) is 0 Å². The minimum atomic E-state index is -0.786. The van der Waals surface area contributed by atoms with Crippen molar-refractivity contribution in [2.24, 2.45) is 0 Å². The van der Waals surface area contributed by atoms with E-state index in [2.05, 4.69) is 10.7 Å². The topological polar surface area (TPSA) is 63.6 Å². The number of hydrogen-bond acceptors (Lipinski definition) is 4. The molecule has 0 bridgehead atoms. The Morgan fingerprint density at radius 1 is 1.46 bits per heavy atom. The summed E-state index contributed by atoms with van der Waals surface area (Å²) in [6.45, 7) is 2.25. The molecule has 70 valence electrons. The van der Waals surface area contributed by atoms with Crippen molar-refractivity contribution in [1.82, 2.24) is 0 Å². The van der Waals surface area contributed by atoms with E-state index >= 15 is 0 Å². The van der Waals surface area contributed by atoms with Crippen LogP contribution in [0.5, 0.6) is 0 Å². The van der Waals surface area contributed by atoms with Crippen LogP contribution in [-0.4, -0.2) is 23.5 Å². The highest BCUT2D eigenvalue weighted by Gasteiger charge is 2.13. The van der Waals surface area contributed by atoms with Crippen LogP contribution in [-0.2, 0) is 14.3 Å². The summed E-state index contributed by atoms with van der Waals surface area (Å²) in [7, 11) is 0. The minimum absolute atomic E-state index is 0.136. The second-order valence-electron chi connectivity index (χ2n) is 2.31. The molecule has 0 atom stereocenters. The zero-order chi connectivity index (χ0) is 10.4. The molecule has 0 aromatic heterocycles. The maximum atomic E-state index is 11.0. The fraction of sp³-hybridized carbons (Fsp3) is 0.333. The van der Waals surface area contributed by atoms with Gasteiger partial charge >= 0.3 is 5.97 Å². The Bertz CT molecular complexity index is 293. The molecule has 0 saturated carbocycles. The molecular formula is C9H10O4. The molecule has 0 aromatic carbocycles. The molecule has 0 aromatic rings. The number of carbonyl (C=O) groups is 2. The number of terminal acetylenes is 1. The first-order valence-electron chi connectivity index (χ1n) is 3.52. The molecule has 0 saturated heterocycles. The normalized spacial score (nSPS) is 11.2. The molecule has 0 spiro atoms. The Hall–Kier alpha value is -1.76. The zero-order valence-electron chi connectivity index (χ0n) is 7.46. The quantitative estimate of drug-likeness (QED) is 0.300. The molecule has 1 N–H and O–H groups in total. The number of rotatable bonds is 3. The van der Waals surface area contributed by atoms with Crippen LogP contribution < -0.4 is 0 Å². The summed E-state index contributed by atoms with van der Waals surface area (Å²) in [4.78, 5) is 21.6. The highest BCUT2D eigenvalue weighted by atomic mass is 16.5. The lowest BCUT2D eigenvalue weighted by atomic mass is 10.2. The SMILES string of the molecule is C#CCOC(=O)/C(C)=C(\O)C(C)=O. The second-order valence-corrected chi connectivity index (χ2v) is 2.31. The Balaban J connectivity index is 4.51. The number of esters is 1. The number of aliphatic hydroxyl groups excluding tert-OH is 1. The van der Waals surface area contributed by atoms with Crippen LogP contribution >= 0.6 is 0 Å². The molecule has 0 rings (SSSR count). The molecule has 13 heavy (non-hydrogen) atoms. The summed E-state index contributed by atoms with van der Waals surface area (Å²) in [5.41, 5.74) is -0.136. The third-order valence-corrected chi connectivity index (χ3v) is 1.28. The molecule has 0 unspecified atom stereocenters. The first-order valence-corrected chi connectivity index (χ1v) is 3.52. The highest BCUT2D eigenvalue weighted by molar-refractivity contribution is 6.00. The molecule has 0 heterocycles. The fourth-order valence-electron chi connectivity index (χ4n) is 0.576. The summed E-state index contributed by atoms with van der Waals surface area (Å²) in [6.07, 6.45) is 4.84. The largest absolute Gasteiger partial charge is 0.504 e. The summed E-state index contributed by atoms with van der Waals surface area (Å²) >= 11 is 0. The smallest absolute Gasteiger partial charge is 0.338 e. The summed E-state index contributed by atoms with van der Waals surface area (Å²) in [6, 6.07) is 0. The molecule has 0 aliphatic carbocycles. The average Bonchev–Trinajstić information content (AvgIpc) is 2.11. The molecule has 0 fully saturated rings. The van der Waals surface area contributed by atoms with E-state index in [1.807, 2.05) is 0 Å². The van der Waals surface area contributed by atoms with E-state index in [1.54, 1.807) is 0 Å². The first kappa shape index (κ1) is 11.2. The Morgan fingerprint density at radius 2 is 2.00 bits per heavy atom. The minimum Gasteiger partial charge on any atom is -0.504 e. The van der Waals surface area contributed by atoms with Gasteiger partial charge in [0.2, 0.25) is 0 Å². The van der Waals surface area contributed by atoms with Gasteiger partial charge in [-0.15, -0.1) is 6.42 Å². The Kier molecular flexibility index (Phi) is 4.31. The van der Waals surface area contributed by atoms with Gasteiger partial charge in [0.05, 0.1) is 5.57 Å². The summed E-state index contributed by atoms with van der Waals surface area (Å²) < 4.78 is 4.48. The van der Waals surface area contributed by atoms with Gasteiger partial charge in [-0.2, -0.15) is 0 Å². The predicted octanol–water partition coefficient (Wildman–Crippen LogP) is 0.584. The Morgan fingerprint density at radius 3 is 2.38 bits per heavy atom. The van der Waals surface area contributed by atoms with Crippen LogP contribution in [0.1, 0.15) is 13.8 Å². The van der Waals surface area contributed by atoms with Gasteiger partial charge in [0.25, 0.3) is 0 Å². The predicted molar refractivity (Wildman–Crippen MR) is 45.8 cm³/mol. The van der Waals surface area contributed by atoms with Gasteiger partial charge in [-0.1, -0.05) is 5.92 Å². The standard InChI is InChI=1S/C9H10O4/c1-4-5-13-9(12)6(2)8(11)7(3)10/h1,11H,5H2,2-3H3/b8-6-. The molecule has 0 aliphatic rings. The van der Waals surface area contributed by atoms with Gasteiger partial charge in [0, 0.05) is 6.92 Å². The Labute approximate surface area is 76.2 Å². The van der Waals surface area contributed by atoms with E-state index in [0.717, 1.165) is 6.92 Å². The van der Waals surface area contributed by atoms with Crippen LogP contribution in [0.2, 0.25) is 0 Å². The average molecular weight is 182 g/mol. The lowest BCUT2D eigenvalue weighted by Crippen LogP contribution is -2.11. The third kappa shape index (κ3) is 3.43. The van der Waals surface area contributed by atoms with E-state index in [1.165, 1.54) is 6.92 Å². The molecular weight excluding hydrogens is 172 g/mol. The number of carbonyl (C=O) groups excluding carboxylic acids is 2. The van der Waals surface area contributed by atoms with Crippen molar-refractivity contribution < 1.29 is 19.4 Å². The van der Waals surface area contributed by atoms with Gasteiger partial charge in [0.15, 0.2) is 18.1 Å².